The summed E-state index contributed by atoms with van der Waals surface area (Å²) in [5, 5.41) is 3.67. The highest BCUT2D eigenvalue weighted by Crippen LogP contribution is 2.23. The highest BCUT2D eigenvalue weighted by atomic mass is 16.5. The third-order valence-corrected chi connectivity index (χ3v) is 4.18. The van der Waals surface area contributed by atoms with Crippen molar-refractivity contribution >= 4 is 23.4 Å². The fraction of sp³-hybridized carbons (Fsp3) is 0.412. The number of Topliss-reactive ketones (excluding diaryl/α,β-unsaturated/α-hetero) is 1. The normalized spacial score (nSPS) is 17.8. The molecule has 23 heavy (non-hydrogen) atoms. The Morgan fingerprint density at radius 1 is 1.17 bits per heavy atom. The molecule has 1 heterocycles. The number of fused-ring (bicyclic) bond motifs is 1. The third kappa shape index (κ3) is 3.31. The lowest BCUT2D eigenvalue weighted by Crippen LogP contribution is -2.34. The second-order valence-corrected chi connectivity index (χ2v) is 5.84. The van der Waals surface area contributed by atoms with E-state index in [1.807, 2.05) is 12.1 Å². The van der Waals surface area contributed by atoms with Crippen molar-refractivity contribution in [2.45, 2.75) is 45.1 Å². The molecule has 1 aliphatic carbocycles. The SMILES string of the molecule is C[C@H](OC(=O)C1=NNC(=O)CC1)C(=O)c1ccc2c(c1)CCC2. The Labute approximate surface area is 133 Å². The Hall–Kier alpha value is -2.50. The van der Waals surface area contributed by atoms with Gasteiger partial charge in [0.2, 0.25) is 11.7 Å². The molecule has 1 amide bonds. The average Bonchev–Trinajstić information content (AvgIpc) is 3.02. The number of ketones is 1. The molecule has 3 rings (SSSR count). The van der Waals surface area contributed by atoms with Crippen LogP contribution < -0.4 is 5.43 Å². The van der Waals surface area contributed by atoms with Gasteiger partial charge >= 0.3 is 5.97 Å². The van der Waals surface area contributed by atoms with Gasteiger partial charge < -0.3 is 4.74 Å². The summed E-state index contributed by atoms with van der Waals surface area (Å²) in [5.41, 5.74) is 5.43. The zero-order chi connectivity index (χ0) is 16.4. The maximum atomic E-state index is 12.4. The van der Waals surface area contributed by atoms with Gasteiger partial charge in [-0.1, -0.05) is 12.1 Å². The number of rotatable bonds is 4. The molecule has 6 nitrogen and oxygen atoms in total. The van der Waals surface area contributed by atoms with Crippen molar-refractivity contribution in [2.75, 3.05) is 0 Å². The van der Waals surface area contributed by atoms with Crippen LogP contribution in [0.4, 0.5) is 0 Å². The predicted octanol–water partition coefficient (Wildman–Crippen LogP) is 1.56. The topological polar surface area (TPSA) is 84.8 Å². The van der Waals surface area contributed by atoms with Gasteiger partial charge in [0.1, 0.15) is 5.71 Å². The molecule has 1 N–H and O–H groups in total. The number of hydrogen-bond donors (Lipinski definition) is 1. The first-order chi connectivity index (χ1) is 11.0. The Balaban J connectivity index is 1.66. The smallest absolute Gasteiger partial charge is 0.355 e. The first-order valence-corrected chi connectivity index (χ1v) is 7.77. The summed E-state index contributed by atoms with van der Waals surface area (Å²) >= 11 is 0. The molecule has 0 fully saturated rings. The Morgan fingerprint density at radius 2 is 1.96 bits per heavy atom. The minimum absolute atomic E-state index is 0.137. The van der Waals surface area contributed by atoms with E-state index < -0.39 is 12.1 Å². The van der Waals surface area contributed by atoms with E-state index >= 15 is 0 Å². The molecular weight excluding hydrogens is 296 g/mol. The number of aryl methyl sites for hydroxylation is 2. The van der Waals surface area contributed by atoms with E-state index in [0.717, 1.165) is 19.3 Å². The highest BCUT2D eigenvalue weighted by molar-refractivity contribution is 6.37. The number of hydrazone groups is 1. The van der Waals surface area contributed by atoms with E-state index in [4.69, 9.17) is 4.74 Å². The van der Waals surface area contributed by atoms with Crippen LogP contribution in [0.3, 0.4) is 0 Å². The second kappa shape index (κ2) is 6.32. The fourth-order valence-corrected chi connectivity index (χ4v) is 2.86. The largest absolute Gasteiger partial charge is 0.450 e. The van der Waals surface area contributed by atoms with Crippen molar-refractivity contribution in [3.63, 3.8) is 0 Å². The van der Waals surface area contributed by atoms with Crippen molar-refractivity contribution in [2.24, 2.45) is 5.10 Å². The first kappa shape index (κ1) is 15.4. The summed E-state index contributed by atoms with van der Waals surface area (Å²) in [6, 6.07) is 5.66. The summed E-state index contributed by atoms with van der Waals surface area (Å²) in [4.78, 5) is 35.4. The van der Waals surface area contributed by atoms with Crippen LogP contribution in [-0.2, 0) is 27.2 Å². The van der Waals surface area contributed by atoms with E-state index in [-0.39, 0.29) is 30.2 Å². The van der Waals surface area contributed by atoms with E-state index in [1.165, 1.54) is 11.1 Å². The molecule has 0 radical (unpaired) electrons. The van der Waals surface area contributed by atoms with Crippen LogP contribution >= 0.6 is 0 Å². The zero-order valence-corrected chi connectivity index (χ0v) is 12.9. The summed E-state index contributed by atoms with van der Waals surface area (Å²) in [6.07, 6.45) is 2.69. The molecule has 0 aromatic heterocycles. The molecule has 0 unspecified atom stereocenters. The molecule has 1 atom stereocenters. The van der Waals surface area contributed by atoms with Gasteiger partial charge in [0.15, 0.2) is 6.10 Å². The first-order valence-electron chi connectivity index (χ1n) is 7.77. The molecule has 2 aliphatic rings. The molecule has 0 saturated heterocycles. The van der Waals surface area contributed by atoms with Gasteiger partial charge in [-0.15, -0.1) is 0 Å². The molecule has 120 valence electrons. The number of ether oxygens (including phenoxy) is 1. The molecular formula is C17H18N2O4. The van der Waals surface area contributed by atoms with Crippen molar-refractivity contribution < 1.29 is 19.1 Å². The van der Waals surface area contributed by atoms with Gasteiger partial charge in [-0.2, -0.15) is 5.10 Å². The second-order valence-electron chi connectivity index (χ2n) is 5.84. The van der Waals surface area contributed by atoms with Crippen LogP contribution in [0.15, 0.2) is 23.3 Å². The van der Waals surface area contributed by atoms with Crippen LogP contribution in [0.1, 0.15) is 47.7 Å². The summed E-state index contributed by atoms with van der Waals surface area (Å²) in [7, 11) is 0. The van der Waals surface area contributed by atoms with E-state index in [0.29, 0.717) is 5.56 Å². The van der Waals surface area contributed by atoms with Crippen molar-refractivity contribution in [3.05, 3.63) is 34.9 Å². The van der Waals surface area contributed by atoms with Gasteiger partial charge in [-0.3, -0.25) is 9.59 Å². The van der Waals surface area contributed by atoms with Crippen molar-refractivity contribution in [1.82, 2.24) is 5.43 Å². The van der Waals surface area contributed by atoms with Crippen molar-refractivity contribution in [3.8, 4) is 0 Å². The molecule has 1 aromatic carbocycles. The van der Waals surface area contributed by atoms with E-state index in [9.17, 15) is 14.4 Å². The number of benzene rings is 1. The Bertz CT molecular complexity index is 709. The van der Waals surface area contributed by atoms with Gasteiger partial charge in [0, 0.05) is 18.4 Å². The molecule has 1 aromatic rings. The third-order valence-electron chi connectivity index (χ3n) is 4.18. The minimum Gasteiger partial charge on any atom is -0.450 e. The van der Waals surface area contributed by atoms with Crippen molar-refractivity contribution in [1.29, 1.82) is 0 Å². The molecule has 6 heteroatoms. The van der Waals surface area contributed by atoms with Crippen LogP contribution in [-0.4, -0.2) is 29.5 Å². The number of amides is 1. The number of carbonyl (C=O) groups is 3. The number of nitrogens with zero attached hydrogens (tertiary/aromatic N) is 1. The fourth-order valence-electron chi connectivity index (χ4n) is 2.86. The monoisotopic (exact) mass is 314 g/mol. The number of hydrogen-bond acceptors (Lipinski definition) is 5. The van der Waals surface area contributed by atoms with Gasteiger partial charge in [-0.25, -0.2) is 10.2 Å². The summed E-state index contributed by atoms with van der Waals surface area (Å²) in [5.74, 6) is -1.12. The molecule has 0 bridgehead atoms. The van der Waals surface area contributed by atoms with Gasteiger partial charge in [-0.05, 0) is 43.4 Å². The Kier molecular flexibility index (Phi) is 4.23. The van der Waals surface area contributed by atoms with Gasteiger partial charge in [0.05, 0.1) is 0 Å². The molecule has 1 aliphatic heterocycles. The lowest BCUT2D eigenvalue weighted by atomic mass is 10.0. The number of carbonyl (C=O) groups excluding carboxylic acids is 3. The highest BCUT2D eigenvalue weighted by Gasteiger charge is 2.25. The van der Waals surface area contributed by atoms with Crippen LogP contribution in [0.2, 0.25) is 0 Å². The quantitative estimate of drug-likeness (QED) is 0.675. The zero-order valence-electron chi connectivity index (χ0n) is 12.9. The van der Waals surface area contributed by atoms with E-state index in [2.05, 4.69) is 10.5 Å². The lowest BCUT2D eigenvalue weighted by molar-refractivity contribution is -0.138. The Morgan fingerprint density at radius 3 is 2.70 bits per heavy atom. The molecule has 0 saturated carbocycles. The van der Waals surface area contributed by atoms with Crippen LogP contribution in [0.5, 0.6) is 0 Å². The number of esters is 1. The van der Waals surface area contributed by atoms with E-state index in [1.54, 1.807) is 13.0 Å². The lowest BCUT2D eigenvalue weighted by Gasteiger charge is -2.15. The molecule has 0 spiro atoms. The summed E-state index contributed by atoms with van der Waals surface area (Å²) < 4.78 is 5.19. The van der Waals surface area contributed by atoms with Crippen LogP contribution in [0.25, 0.3) is 0 Å². The standard InChI is InChI=1S/C17H18N2O4/c1-10(23-17(22)14-7-8-15(20)19-18-14)16(21)13-6-5-11-3-2-4-12(11)9-13/h5-6,9-10H,2-4,7-8H2,1H3,(H,19,20)/t10-/m0/s1. The number of nitrogens with one attached hydrogen (secondary N) is 1. The maximum Gasteiger partial charge on any atom is 0.355 e. The average molecular weight is 314 g/mol. The summed E-state index contributed by atoms with van der Waals surface area (Å²) in [6.45, 7) is 1.55. The minimum atomic E-state index is -0.887. The van der Waals surface area contributed by atoms with Crippen LogP contribution in [0, 0.1) is 0 Å². The predicted molar refractivity (Wildman–Crippen MR) is 83.2 cm³/mol. The maximum absolute atomic E-state index is 12.4. The van der Waals surface area contributed by atoms with Gasteiger partial charge in [0.25, 0.3) is 0 Å².